The van der Waals surface area contributed by atoms with Crippen LogP contribution in [0.25, 0.3) is 28.5 Å². The smallest absolute Gasteiger partial charge is 0.278 e. The number of rotatable bonds is 3. The maximum Gasteiger partial charge on any atom is 0.278 e. The Morgan fingerprint density at radius 2 is 2.11 bits per heavy atom. The zero-order chi connectivity index (χ0) is 19.4. The second-order valence-electron chi connectivity index (χ2n) is 7.38. The van der Waals surface area contributed by atoms with Crippen LogP contribution in [-0.2, 0) is 13.0 Å². The number of hydrogen-bond donors (Lipinski definition) is 0. The third-order valence-corrected chi connectivity index (χ3v) is 5.24. The fraction of sp³-hybridized carbons (Fsp3) is 0.350. The van der Waals surface area contributed by atoms with E-state index in [9.17, 15) is 0 Å². The molecular formula is C20H21N7O. The number of aromatic nitrogens is 7. The van der Waals surface area contributed by atoms with E-state index >= 15 is 0 Å². The molecule has 5 rings (SSSR count). The van der Waals surface area contributed by atoms with Crippen LogP contribution in [0.1, 0.15) is 49.5 Å². The SMILES string of the molecule is CCc1nnn2c1-c1cc(C(C)C)ccc1-n1cnc(-c3nc(C)no3)c1C2. The molecule has 0 N–H and O–H groups in total. The molecule has 142 valence electrons. The summed E-state index contributed by atoms with van der Waals surface area (Å²) < 4.78 is 9.44. The van der Waals surface area contributed by atoms with Crippen molar-refractivity contribution < 1.29 is 4.52 Å². The third-order valence-electron chi connectivity index (χ3n) is 5.24. The summed E-state index contributed by atoms with van der Waals surface area (Å²) in [6.45, 7) is 8.84. The third kappa shape index (κ3) is 2.41. The lowest BCUT2D eigenvalue weighted by Gasteiger charge is -2.13. The number of benzene rings is 1. The van der Waals surface area contributed by atoms with Gasteiger partial charge in [-0.1, -0.05) is 37.2 Å². The van der Waals surface area contributed by atoms with E-state index in [1.807, 2.05) is 11.0 Å². The molecule has 4 heterocycles. The average molecular weight is 375 g/mol. The Kier molecular flexibility index (Phi) is 3.68. The maximum atomic E-state index is 5.39. The second kappa shape index (κ2) is 6.12. The zero-order valence-corrected chi connectivity index (χ0v) is 16.3. The quantitative estimate of drug-likeness (QED) is 0.479. The summed E-state index contributed by atoms with van der Waals surface area (Å²) in [7, 11) is 0. The Morgan fingerprint density at radius 3 is 2.82 bits per heavy atom. The Bertz CT molecular complexity index is 1180. The van der Waals surface area contributed by atoms with E-state index in [0.29, 0.717) is 29.9 Å². The van der Waals surface area contributed by atoms with Gasteiger partial charge in [0.2, 0.25) is 0 Å². The fourth-order valence-electron chi connectivity index (χ4n) is 3.75. The summed E-state index contributed by atoms with van der Waals surface area (Å²) >= 11 is 0. The molecule has 0 fully saturated rings. The van der Waals surface area contributed by atoms with Gasteiger partial charge in [0, 0.05) is 5.56 Å². The molecule has 8 heteroatoms. The van der Waals surface area contributed by atoms with Crippen LogP contribution in [0.3, 0.4) is 0 Å². The van der Waals surface area contributed by atoms with Crippen molar-refractivity contribution in [1.29, 1.82) is 0 Å². The topological polar surface area (TPSA) is 87.5 Å². The van der Waals surface area contributed by atoms with Crippen LogP contribution in [0.4, 0.5) is 0 Å². The molecule has 0 radical (unpaired) electrons. The predicted octanol–water partition coefficient (Wildman–Crippen LogP) is 3.54. The van der Waals surface area contributed by atoms with Crippen molar-refractivity contribution in [2.45, 2.75) is 46.6 Å². The highest BCUT2D eigenvalue weighted by Crippen LogP contribution is 2.37. The monoisotopic (exact) mass is 375 g/mol. The molecule has 0 saturated carbocycles. The molecule has 0 atom stereocenters. The number of fused-ring (bicyclic) bond motifs is 5. The summed E-state index contributed by atoms with van der Waals surface area (Å²) in [5, 5.41) is 12.8. The lowest BCUT2D eigenvalue weighted by molar-refractivity contribution is 0.424. The van der Waals surface area contributed by atoms with E-state index in [-0.39, 0.29) is 0 Å². The molecule has 0 amide bonds. The van der Waals surface area contributed by atoms with Gasteiger partial charge in [-0.3, -0.25) is 4.57 Å². The molecule has 1 aliphatic heterocycles. The van der Waals surface area contributed by atoms with Gasteiger partial charge in [-0.15, -0.1) is 5.10 Å². The van der Waals surface area contributed by atoms with E-state index < -0.39 is 0 Å². The molecule has 1 aromatic carbocycles. The van der Waals surface area contributed by atoms with Gasteiger partial charge in [-0.05, 0) is 37.0 Å². The summed E-state index contributed by atoms with van der Waals surface area (Å²) in [6, 6.07) is 6.58. The van der Waals surface area contributed by atoms with Crippen molar-refractivity contribution >= 4 is 0 Å². The van der Waals surface area contributed by atoms with Crippen LogP contribution in [-0.4, -0.2) is 34.7 Å². The van der Waals surface area contributed by atoms with Crippen LogP contribution < -0.4 is 0 Å². The van der Waals surface area contributed by atoms with Crippen molar-refractivity contribution in [2.75, 3.05) is 0 Å². The normalized spacial score (nSPS) is 12.6. The Hall–Kier alpha value is -3.29. The summed E-state index contributed by atoms with van der Waals surface area (Å²) in [4.78, 5) is 8.95. The molecule has 0 spiro atoms. The molecule has 0 aliphatic carbocycles. The number of nitrogens with zero attached hydrogens (tertiary/aromatic N) is 7. The maximum absolute atomic E-state index is 5.39. The van der Waals surface area contributed by atoms with Gasteiger partial charge in [0.1, 0.15) is 6.33 Å². The van der Waals surface area contributed by atoms with Crippen molar-refractivity contribution in [3.05, 3.63) is 47.3 Å². The van der Waals surface area contributed by atoms with Gasteiger partial charge in [-0.25, -0.2) is 9.67 Å². The van der Waals surface area contributed by atoms with Crippen LogP contribution >= 0.6 is 0 Å². The number of aryl methyl sites for hydroxylation is 2. The highest BCUT2D eigenvalue weighted by molar-refractivity contribution is 5.75. The largest absolute Gasteiger partial charge is 0.332 e. The minimum atomic E-state index is 0.422. The lowest BCUT2D eigenvalue weighted by atomic mass is 9.97. The number of imidazole rings is 1. The van der Waals surface area contributed by atoms with Crippen molar-refractivity contribution in [2.24, 2.45) is 0 Å². The zero-order valence-electron chi connectivity index (χ0n) is 16.3. The first-order chi connectivity index (χ1) is 13.6. The van der Waals surface area contributed by atoms with Gasteiger partial charge >= 0.3 is 0 Å². The average Bonchev–Trinajstić information content (AvgIpc) is 3.38. The highest BCUT2D eigenvalue weighted by atomic mass is 16.5. The van der Waals surface area contributed by atoms with Crippen LogP contribution in [0.5, 0.6) is 0 Å². The van der Waals surface area contributed by atoms with Crippen molar-refractivity contribution in [1.82, 2.24) is 34.7 Å². The van der Waals surface area contributed by atoms with Gasteiger partial charge < -0.3 is 4.52 Å². The molecule has 3 aromatic heterocycles. The molecule has 4 aromatic rings. The van der Waals surface area contributed by atoms with E-state index in [4.69, 9.17) is 4.52 Å². The van der Waals surface area contributed by atoms with Gasteiger partial charge in [-0.2, -0.15) is 4.98 Å². The van der Waals surface area contributed by atoms with Crippen LogP contribution in [0, 0.1) is 6.92 Å². The van der Waals surface area contributed by atoms with E-state index in [1.165, 1.54) is 5.56 Å². The highest BCUT2D eigenvalue weighted by Gasteiger charge is 2.28. The van der Waals surface area contributed by atoms with E-state index in [1.54, 1.807) is 6.92 Å². The molecule has 1 aliphatic rings. The summed E-state index contributed by atoms with van der Waals surface area (Å²) in [5.41, 5.74) is 7.16. The first kappa shape index (κ1) is 16.9. The first-order valence-corrected chi connectivity index (χ1v) is 9.50. The van der Waals surface area contributed by atoms with Crippen molar-refractivity contribution in [3.63, 3.8) is 0 Å². The molecule has 28 heavy (non-hydrogen) atoms. The fourth-order valence-corrected chi connectivity index (χ4v) is 3.75. The van der Waals surface area contributed by atoms with E-state index in [0.717, 1.165) is 34.8 Å². The molecule has 0 bridgehead atoms. The van der Waals surface area contributed by atoms with E-state index in [2.05, 4.69) is 69.0 Å². The van der Waals surface area contributed by atoms with Gasteiger partial charge in [0.25, 0.3) is 5.89 Å². The second-order valence-corrected chi connectivity index (χ2v) is 7.38. The Labute approximate surface area is 162 Å². The minimum absolute atomic E-state index is 0.422. The number of hydrogen-bond acceptors (Lipinski definition) is 6. The first-order valence-electron chi connectivity index (χ1n) is 9.50. The summed E-state index contributed by atoms with van der Waals surface area (Å²) in [6.07, 6.45) is 2.65. The molecular weight excluding hydrogens is 354 g/mol. The predicted molar refractivity (Wildman–Crippen MR) is 103 cm³/mol. The van der Waals surface area contributed by atoms with Gasteiger partial charge in [0.05, 0.1) is 29.3 Å². The molecule has 8 nitrogen and oxygen atoms in total. The molecule has 0 saturated heterocycles. The Morgan fingerprint density at radius 1 is 1.25 bits per heavy atom. The summed E-state index contributed by atoms with van der Waals surface area (Å²) in [5.74, 6) is 1.44. The lowest BCUT2D eigenvalue weighted by Crippen LogP contribution is -2.06. The van der Waals surface area contributed by atoms with Crippen LogP contribution in [0.2, 0.25) is 0 Å². The van der Waals surface area contributed by atoms with Gasteiger partial charge in [0.15, 0.2) is 11.5 Å². The minimum Gasteiger partial charge on any atom is -0.332 e. The van der Waals surface area contributed by atoms with Crippen LogP contribution in [0.15, 0.2) is 29.0 Å². The molecule has 0 unspecified atom stereocenters. The van der Waals surface area contributed by atoms with Crippen molar-refractivity contribution in [3.8, 4) is 28.5 Å². The standard InChI is InChI=1S/C20H21N7O/c1-5-15-19-14-8-13(11(2)3)6-7-16(14)26-10-21-18(20-22-12(4)24-28-20)17(26)9-27(19)25-23-15/h6-8,10-11H,5,9H2,1-4H3. The Balaban J connectivity index is 1.80.